The Hall–Kier alpha value is -1.58. The number of nitrogens with zero attached hydrogens (tertiary/aromatic N) is 2. The maximum Gasteiger partial charge on any atom is 0.225 e. The van der Waals surface area contributed by atoms with Gasteiger partial charge in [0.2, 0.25) is 5.91 Å². The molecule has 1 amide bonds. The SMILES string of the molecule is O=C(C1CCC1)N1CCC(Nc2ccncc2)CC1. The minimum Gasteiger partial charge on any atom is -0.382 e. The minimum absolute atomic E-state index is 0.338. The van der Waals surface area contributed by atoms with Gasteiger partial charge in [-0.25, -0.2) is 0 Å². The Morgan fingerprint density at radius 2 is 1.84 bits per heavy atom. The summed E-state index contributed by atoms with van der Waals surface area (Å²) in [6.45, 7) is 1.80. The predicted molar refractivity (Wildman–Crippen MR) is 74.8 cm³/mol. The molecule has 2 fully saturated rings. The van der Waals surface area contributed by atoms with Crippen molar-refractivity contribution in [3.8, 4) is 0 Å². The quantitative estimate of drug-likeness (QED) is 0.906. The second kappa shape index (κ2) is 5.59. The summed E-state index contributed by atoms with van der Waals surface area (Å²) >= 11 is 0. The summed E-state index contributed by atoms with van der Waals surface area (Å²) in [4.78, 5) is 18.2. The van der Waals surface area contributed by atoms with Crippen LogP contribution in [0.15, 0.2) is 24.5 Å². The molecule has 0 atom stereocenters. The maximum atomic E-state index is 12.1. The molecule has 2 aliphatic rings. The smallest absolute Gasteiger partial charge is 0.225 e. The molecule has 0 spiro atoms. The van der Waals surface area contributed by atoms with Crippen molar-refractivity contribution in [2.75, 3.05) is 18.4 Å². The molecule has 0 bridgehead atoms. The van der Waals surface area contributed by atoms with Gasteiger partial charge >= 0.3 is 0 Å². The summed E-state index contributed by atoms with van der Waals surface area (Å²) in [6.07, 6.45) is 9.13. The first-order chi connectivity index (χ1) is 9.33. The molecule has 1 N–H and O–H groups in total. The summed E-state index contributed by atoms with van der Waals surface area (Å²) in [7, 11) is 0. The number of pyridine rings is 1. The molecule has 4 nitrogen and oxygen atoms in total. The zero-order valence-corrected chi connectivity index (χ0v) is 11.2. The van der Waals surface area contributed by atoms with Crippen molar-refractivity contribution in [3.63, 3.8) is 0 Å². The molecule has 1 aliphatic heterocycles. The van der Waals surface area contributed by atoms with E-state index in [4.69, 9.17) is 0 Å². The third kappa shape index (κ3) is 2.88. The van der Waals surface area contributed by atoms with Gasteiger partial charge in [-0.1, -0.05) is 6.42 Å². The van der Waals surface area contributed by atoms with Crippen LogP contribution in [0.3, 0.4) is 0 Å². The summed E-state index contributed by atoms with van der Waals surface area (Å²) in [6, 6.07) is 4.46. The van der Waals surface area contributed by atoms with E-state index in [1.165, 1.54) is 6.42 Å². The fourth-order valence-electron chi connectivity index (χ4n) is 2.84. The van der Waals surface area contributed by atoms with Crippen molar-refractivity contribution in [1.29, 1.82) is 0 Å². The lowest BCUT2D eigenvalue weighted by Crippen LogP contribution is -2.46. The summed E-state index contributed by atoms with van der Waals surface area (Å²) < 4.78 is 0. The van der Waals surface area contributed by atoms with Crippen molar-refractivity contribution in [3.05, 3.63) is 24.5 Å². The van der Waals surface area contributed by atoms with E-state index in [2.05, 4.69) is 15.2 Å². The zero-order valence-electron chi connectivity index (χ0n) is 11.2. The average Bonchev–Trinajstić information content (AvgIpc) is 2.39. The van der Waals surface area contributed by atoms with Gasteiger partial charge in [-0.15, -0.1) is 0 Å². The van der Waals surface area contributed by atoms with E-state index >= 15 is 0 Å². The van der Waals surface area contributed by atoms with E-state index in [1.54, 1.807) is 12.4 Å². The van der Waals surface area contributed by atoms with Gasteiger partial charge in [0, 0.05) is 43.1 Å². The van der Waals surface area contributed by atoms with Gasteiger partial charge < -0.3 is 10.2 Å². The van der Waals surface area contributed by atoms with Crippen LogP contribution in [0.4, 0.5) is 5.69 Å². The van der Waals surface area contributed by atoms with E-state index < -0.39 is 0 Å². The number of aromatic nitrogens is 1. The van der Waals surface area contributed by atoms with Gasteiger partial charge in [0.05, 0.1) is 0 Å². The van der Waals surface area contributed by atoms with Crippen LogP contribution < -0.4 is 5.32 Å². The Morgan fingerprint density at radius 1 is 1.16 bits per heavy atom. The van der Waals surface area contributed by atoms with Gasteiger partial charge in [0.15, 0.2) is 0 Å². The lowest BCUT2D eigenvalue weighted by Gasteiger charge is -2.37. The van der Waals surface area contributed by atoms with E-state index in [0.29, 0.717) is 17.9 Å². The molecule has 0 radical (unpaired) electrons. The largest absolute Gasteiger partial charge is 0.382 e. The topological polar surface area (TPSA) is 45.2 Å². The molecule has 1 saturated carbocycles. The highest BCUT2D eigenvalue weighted by Gasteiger charge is 2.31. The Bertz CT molecular complexity index is 422. The first kappa shape index (κ1) is 12.5. The highest BCUT2D eigenvalue weighted by Crippen LogP contribution is 2.29. The number of carbonyl (C=O) groups excluding carboxylic acids is 1. The van der Waals surface area contributed by atoms with Gasteiger partial charge in [0.1, 0.15) is 0 Å². The molecule has 19 heavy (non-hydrogen) atoms. The van der Waals surface area contributed by atoms with Crippen LogP contribution in [0.1, 0.15) is 32.1 Å². The van der Waals surface area contributed by atoms with E-state index in [1.807, 2.05) is 12.1 Å². The van der Waals surface area contributed by atoms with Crippen molar-refractivity contribution in [2.45, 2.75) is 38.1 Å². The van der Waals surface area contributed by atoms with Crippen LogP contribution in [-0.4, -0.2) is 34.9 Å². The number of likely N-dealkylation sites (tertiary alicyclic amines) is 1. The third-order valence-corrected chi connectivity index (χ3v) is 4.31. The number of rotatable bonds is 3. The molecule has 2 heterocycles. The Kier molecular flexibility index (Phi) is 3.67. The van der Waals surface area contributed by atoms with Crippen LogP contribution in [-0.2, 0) is 4.79 Å². The molecule has 0 aromatic carbocycles. The molecule has 1 saturated heterocycles. The molecule has 1 aromatic heterocycles. The first-order valence-corrected chi connectivity index (χ1v) is 7.28. The van der Waals surface area contributed by atoms with Crippen molar-refractivity contribution < 1.29 is 4.79 Å². The molecule has 0 unspecified atom stereocenters. The van der Waals surface area contributed by atoms with Crippen LogP contribution in [0.2, 0.25) is 0 Å². The van der Waals surface area contributed by atoms with Gasteiger partial charge in [-0.3, -0.25) is 9.78 Å². The normalized spacial score (nSPS) is 20.9. The van der Waals surface area contributed by atoms with Gasteiger partial charge in [-0.2, -0.15) is 0 Å². The summed E-state index contributed by atoms with van der Waals surface area (Å²) in [5, 5.41) is 3.52. The first-order valence-electron chi connectivity index (χ1n) is 7.28. The number of hydrogen-bond acceptors (Lipinski definition) is 3. The van der Waals surface area contributed by atoms with Crippen molar-refractivity contribution >= 4 is 11.6 Å². The molecule has 1 aliphatic carbocycles. The fraction of sp³-hybridized carbons (Fsp3) is 0.600. The van der Waals surface area contributed by atoms with Crippen molar-refractivity contribution in [1.82, 2.24) is 9.88 Å². The fourth-order valence-corrected chi connectivity index (χ4v) is 2.84. The standard InChI is InChI=1S/C15H21N3O/c19-15(12-2-1-3-12)18-10-6-14(7-11-18)17-13-4-8-16-9-5-13/h4-5,8-9,12,14H,1-3,6-7,10-11H2,(H,16,17). The number of piperidine rings is 1. The molecular weight excluding hydrogens is 238 g/mol. The average molecular weight is 259 g/mol. The van der Waals surface area contributed by atoms with E-state index in [0.717, 1.165) is 44.5 Å². The molecule has 3 rings (SSSR count). The summed E-state index contributed by atoms with van der Waals surface area (Å²) in [5.41, 5.74) is 1.12. The lowest BCUT2D eigenvalue weighted by molar-refractivity contribution is -0.139. The van der Waals surface area contributed by atoms with E-state index in [9.17, 15) is 4.79 Å². The lowest BCUT2D eigenvalue weighted by atomic mass is 9.84. The number of hydrogen-bond donors (Lipinski definition) is 1. The van der Waals surface area contributed by atoms with E-state index in [-0.39, 0.29) is 0 Å². The number of carbonyl (C=O) groups is 1. The van der Waals surface area contributed by atoms with Crippen LogP contribution in [0, 0.1) is 5.92 Å². The van der Waals surface area contributed by atoms with Gasteiger partial charge in [-0.05, 0) is 37.8 Å². The zero-order chi connectivity index (χ0) is 13.1. The minimum atomic E-state index is 0.338. The Balaban J connectivity index is 1.48. The predicted octanol–water partition coefficient (Wildman–Crippen LogP) is 2.28. The molecule has 1 aromatic rings. The van der Waals surface area contributed by atoms with Crippen LogP contribution >= 0.6 is 0 Å². The monoisotopic (exact) mass is 259 g/mol. The Labute approximate surface area is 114 Å². The number of anilines is 1. The summed E-state index contributed by atoms with van der Waals surface area (Å²) in [5.74, 6) is 0.735. The molecule has 4 heteroatoms. The number of amides is 1. The Morgan fingerprint density at radius 3 is 2.42 bits per heavy atom. The molecule has 102 valence electrons. The van der Waals surface area contributed by atoms with Gasteiger partial charge in [0.25, 0.3) is 0 Å². The maximum absolute atomic E-state index is 12.1. The second-order valence-electron chi connectivity index (χ2n) is 5.61. The number of nitrogens with one attached hydrogen (secondary N) is 1. The molecular formula is C15H21N3O. The second-order valence-corrected chi connectivity index (χ2v) is 5.61. The highest BCUT2D eigenvalue weighted by atomic mass is 16.2. The van der Waals surface area contributed by atoms with Crippen LogP contribution in [0.5, 0.6) is 0 Å². The van der Waals surface area contributed by atoms with Crippen LogP contribution in [0.25, 0.3) is 0 Å². The van der Waals surface area contributed by atoms with Crippen molar-refractivity contribution in [2.24, 2.45) is 5.92 Å². The highest BCUT2D eigenvalue weighted by molar-refractivity contribution is 5.79. The third-order valence-electron chi connectivity index (χ3n) is 4.31.